The van der Waals surface area contributed by atoms with E-state index in [0.29, 0.717) is 11.5 Å². The van der Waals surface area contributed by atoms with Gasteiger partial charge in [-0.05, 0) is 18.1 Å². The maximum atomic E-state index is 12.4. The molecular formula is C14H21ClN4O. The van der Waals surface area contributed by atoms with Crippen molar-refractivity contribution in [1.29, 1.82) is 0 Å². The summed E-state index contributed by atoms with van der Waals surface area (Å²) < 4.78 is 0. The van der Waals surface area contributed by atoms with Gasteiger partial charge < -0.3 is 10.6 Å². The first-order chi connectivity index (χ1) is 9.45. The predicted molar refractivity (Wildman–Crippen MR) is 80.8 cm³/mol. The minimum absolute atomic E-state index is 0.0230. The first kappa shape index (κ1) is 15.1. The van der Waals surface area contributed by atoms with Crippen molar-refractivity contribution in [2.45, 2.75) is 13.8 Å². The van der Waals surface area contributed by atoms with Gasteiger partial charge in [0.25, 0.3) is 5.91 Å². The summed E-state index contributed by atoms with van der Waals surface area (Å²) in [5, 5.41) is 0.256. The van der Waals surface area contributed by atoms with Crippen molar-refractivity contribution in [2.75, 3.05) is 38.5 Å². The van der Waals surface area contributed by atoms with E-state index in [2.05, 4.69) is 23.7 Å². The van der Waals surface area contributed by atoms with E-state index < -0.39 is 0 Å². The van der Waals surface area contributed by atoms with Gasteiger partial charge in [0.1, 0.15) is 11.0 Å². The highest BCUT2D eigenvalue weighted by molar-refractivity contribution is 6.29. The molecule has 2 heterocycles. The summed E-state index contributed by atoms with van der Waals surface area (Å²) in [6, 6.07) is 3.15. The first-order valence-corrected chi connectivity index (χ1v) is 7.28. The quantitative estimate of drug-likeness (QED) is 0.863. The van der Waals surface area contributed by atoms with Crippen LogP contribution in [0.3, 0.4) is 0 Å². The van der Waals surface area contributed by atoms with Crippen molar-refractivity contribution in [3.63, 3.8) is 0 Å². The number of carbonyl (C=O) groups excluding carboxylic acids is 1. The minimum atomic E-state index is -0.0230. The molecule has 2 rings (SSSR count). The summed E-state index contributed by atoms with van der Waals surface area (Å²) >= 11 is 5.84. The summed E-state index contributed by atoms with van der Waals surface area (Å²) in [6.07, 6.45) is 0. The standard InChI is InChI=1S/C14H21ClN4O/c1-10(2)9-18-3-5-19(6-4-18)14(20)11-7-12(15)17-13(16)8-11/h7-8,10H,3-6,9H2,1-2H3,(H2,16,17). The highest BCUT2D eigenvalue weighted by Gasteiger charge is 2.22. The van der Waals surface area contributed by atoms with Gasteiger partial charge >= 0.3 is 0 Å². The Morgan fingerprint density at radius 3 is 2.55 bits per heavy atom. The molecule has 1 fully saturated rings. The van der Waals surface area contributed by atoms with Gasteiger partial charge in [0.15, 0.2) is 0 Å². The average molecular weight is 297 g/mol. The van der Waals surface area contributed by atoms with Crippen LogP contribution in [0.25, 0.3) is 0 Å². The van der Waals surface area contributed by atoms with Gasteiger partial charge in [-0.3, -0.25) is 9.69 Å². The number of pyridine rings is 1. The summed E-state index contributed by atoms with van der Waals surface area (Å²) in [5.74, 6) is 0.903. The molecule has 0 spiro atoms. The van der Waals surface area contributed by atoms with Crippen LogP contribution in [0.5, 0.6) is 0 Å². The zero-order valence-corrected chi connectivity index (χ0v) is 12.7. The lowest BCUT2D eigenvalue weighted by Crippen LogP contribution is -2.49. The predicted octanol–water partition coefficient (Wildman–Crippen LogP) is 1.73. The third kappa shape index (κ3) is 3.84. The lowest BCUT2D eigenvalue weighted by atomic mass is 10.1. The van der Waals surface area contributed by atoms with Crippen LogP contribution in [0, 0.1) is 5.92 Å². The van der Waals surface area contributed by atoms with Gasteiger partial charge in [-0.15, -0.1) is 0 Å². The number of hydrogen-bond acceptors (Lipinski definition) is 4. The minimum Gasteiger partial charge on any atom is -0.384 e. The number of anilines is 1. The number of nitrogens with two attached hydrogens (primary N) is 1. The van der Waals surface area contributed by atoms with E-state index in [4.69, 9.17) is 17.3 Å². The molecule has 0 saturated carbocycles. The molecule has 1 aliphatic rings. The second kappa shape index (κ2) is 6.41. The number of amides is 1. The number of aromatic nitrogens is 1. The Bertz CT molecular complexity index is 464. The number of nitrogen functional groups attached to an aromatic ring is 1. The molecule has 2 N–H and O–H groups in total. The van der Waals surface area contributed by atoms with E-state index in [1.165, 1.54) is 0 Å². The molecule has 0 atom stereocenters. The molecule has 6 heteroatoms. The number of carbonyl (C=O) groups is 1. The van der Waals surface area contributed by atoms with E-state index in [-0.39, 0.29) is 16.9 Å². The summed E-state index contributed by atoms with van der Waals surface area (Å²) in [7, 11) is 0. The van der Waals surface area contributed by atoms with Gasteiger partial charge in [0, 0.05) is 38.3 Å². The number of halogens is 1. The van der Waals surface area contributed by atoms with Crippen molar-refractivity contribution in [1.82, 2.24) is 14.8 Å². The zero-order chi connectivity index (χ0) is 14.7. The second-order valence-electron chi connectivity index (χ2n) is 5.59. The fourth-order valence-electron chi connectivity index (χ4n) is 2.47. The normalized spacial score (nSPS) is 16.7. The highest BCUT2D eigenvalue weighted by atomic mass is 35.5. The Morgan fingerprint density at radius 1 is 1.35 bits per heavy atom. The molecule has 1 aromatic heterocycles. The van der Waals surface area contributed by atoms with Crippen LogP contribution in [0.15, 0.2) is 12.1 Å². The number of nitrogens with zero attached hydrogens (tertiary/aromatic N) is 3. The van der Waals surface area contributed by atoms with Crippen LogP contribution in [0.1, 0.15) is 24.2 Å². The average Bonchev–Trinajstić information content (AvgIpc) is 2.37. The van der Waals surface area contributed by atoms with Crippen molar-refractivity contribution in [2.24, 2.45) is 5.92 Å². The maximum Gasteiger partial charge on any atom is 0.254 e. The monoisotopic (exact) mass is 296 g/mol. The molecule has 0 radical (unpaired) electrons. The van der Waals surface area contributed by atoms with E-state index in [1.54, 1.807) is 12.1 Å². The van der Waals surface area contributed by atoms with Gasteiger partial charge in [0.05, 0.1) is 0 Å². The lowest BCUT2D eigenvalue weighted by Gasteiger charge is -2.35. The Kier molecular flexibility index (Phi) is 4.83. The lowest BCUT2D eigenvalue weighted by molar-refractivity contribution is 0.0624. The molecule has 20 heavy (non-hydrogen) atoms. The van der Waals surface area contributed by atoms with Crippen LogP contribution >= 0.6 is 11.6 Å². The Morgan fingerprint density at radius 2 is 2.00 bits per heavy atom. The molecule has 0 aromatic carbocycles. The zero-order valence-electron chi connectivity index (χ0n) is 12.0. The highest BCUT2D eigenvalue weighted by Crippen LogP contribution is 2.15. The summed E-state index contributed by atoms with van der Waals surface area (Å²) in [5.41, 5.74) is 6.14. The number of rotatable bonds is 3. The Labute approximate surface area is 124 Å². The summed E-state index contributed by atoms with van der Waals surface area (Å²) in [6.45, 7) is 8.81. The van der Waals surface area contributed by atoms with E-state index in [1.807, 2.05) is 4.90 Å². The van der Waals surface area contributed by atoms with E-state index >= 15 is 0 Å². The third-order valence-corrected chi connectivity index (χ3v) is 3.54. The van der Waals surface area contributed by atoms with Crippen LogP contribution in [0.2, 0.25) is 5.15 Å². The molecule has 0 bridgehead atoms. The molecule has 1 amide bonds. The van der Waals surface area contributed by atoms with E-state index in [9.17, 15) is 4.79 Å². The number of hydrogen-bond donors (Lipinski definition) is 1. The third-order valence-electron chi connectivity index (χ3n) is 3.34. The fourth-order valence-corrected chi connectivity index (χ4v) is 2.69. The molecule has 0 unspecified atom stereocenters. The molecule has 5 nitrogen and oxygen atoms in total. The molecular weight excluding hydrogens is 276 g/mol. The largest absolute Gasteiger partial charge is 0.384 e. The topological polar surface area (TPSA) is 62.5 Å². The molecule has 1 aromatic rings. The van der Waals surface area contributed by atoms with Crippen LogP contribution in [-0.4, -0.2) is 53.4 Å². The van der Waals surface area contributed by atoms with Gasteiger partial charge in [0.2, 0.25) is 0 Å². The SMILES string of the molecule is CC(C)CN1CCN(C(=O)c2cc(N)nc(Cl)c2)CC1. The van der Waals surface area contributed by atoms with Gasteiger partial charge in [-0.2, -0.15) is 0 Å². The van der Waals surface area contributed by atoms with Crippen LogP contribution < -0.4 is 5.73 Å². The van der Waals surface area contributed by atoms with Crippen LogP contribution in [0.4, 0.5) is 5.82 Å². The first-order valence-electron chi connectivity index (χ1n) is 6.90. The van der Waals surface area contributed by atoms with Crippen molar-refractivity contribution >= 4 is 23.3 Å². The van der Waals surface area contributed by atoms with Crippen molar-refractivity contribution in [3.8, 4) is 0 Å². The second-order valence-corrected chi connectivity index (χ2v) is 5.98. The Balaban J connectivity index is 1.98. The van der Waals surface area contributed by atoms with Gasteiger partial charge in [-0.1, -0.05) is 25.4 Å². The van der Waals surface area contributed by atoms with E-state index in [0.717, 1.165) is 32.7 Å². The smallest absolute Gasteiger partial charge is 0.254 e. The molecule has 110 valence electrons. The van der Waals surface area contributed by atoms with Gasteiger partial charge in [-0.25, -0.2) is 4.98 Å². The summed E-state index contributed by atoms with van der Waals surface area (Å²) in [4.78, 5) is 20.5. The van der Waals surface area contributed by atoms with Crippen molar-refractivity contribution < 1.29 is 4.79 Å². The van der Waals surface area contributed by atoms with Crippen LogP contribution in [-0.2, 0) is 0 Å². The Hall–Kier alpha value is -1.33. The maximum absolute atomic E-state index is 12.4. The fraction of sp³-hybridized carbons (Fsp3) is 0.571. The van der Waals surface area contributed by atoms with Crippen molar-refractivity contribution in [3.05, 3.63) is 22.8 Å². The molecule has 1 saturated heterocycles. The molecule has 1 aliphatic heterocycles. The number of piperazine rings is 1. The molecule has 0 aliphatic carbocycles.